The number of hydrogen-bond acceptors (Lipinski definition) is 4. The zero-order valence-electron chi connectivity index (χ0n) is 10.7. The van der Waals surface area contributed by atoms with E-state index in [0.717, 1.165) is 10.9 Å². The summed E-state index contributed by atoms with van der Waals surface area (Å²) in [6, 6.07) is 9.48. The number of para-hydroxylation sites is 1. The van der Waals surface area contributed by atoms with E-state index in [1.807, 2.05) is 30.3 Å². The number of nitrogens with one attached hydrogen (secondary N) is 1. The molecule has 6 heteroatoms. The largest absolute Gasteiger partial charge is 0.490 e. The van der Waals surface area contributed by atoms with Crippen LogP contribution in [0.25, 0.3) is 10.9 Å². The molecule has 19 heavy (non-hydrogen) atoms. The van der Waals surface area contributed by atoms with Crippen LogP contribution in [0.15, 0.2) is 36.5 Å². The first-order valence-electron chi connectivity index (χ1n) is 6.06. The molecule has 0 atom stereocenters. The summed E-state index contributed by atoms with van der Waals surface area (Å²) in [4.78, 5) is 4.26. The Morgan fingerprint density at radius 2 is 2.05 bits per heavy atom. The van der Waals surface area contributed by atoms with Gasteiger partial charge in [0.25, 0.3) is 0 Å². The van der Waals surface area contributed by atoms with Gasteiger partial charge < -0.3 is 4.74 Å². The second kappa shape index (κ2) is 5.99. The van der Waals surface area contributed by atoms with Gasteiger partial charge in [-0.1, -0.05) is 18.2 Å². The molecular weight excluding hydrogens is 264 g/mol. The Kier molecular flexibility index (Phi) is 4.34. The maximum absolute atomic E-state index is 11.2. The lowest BCUT2D eigenvalue weighted by atomic mass is 10.2. The minimum absolute atomic E-state index is 0.0722. The molecule has 0 spiro atoms. The highest BCUT2D eigenvalue weighted by molar-refractivity contribution is 7.89. The second-order valence-electron chi connectivity index (χ2n) is 3.98. The van der Waals surface area contributed by atoms with E-state index in [1.165, 1.54) is 0 Å². The Labute approximate surface area is 112 Å². The lowest BCUT2D eigenvalue weighted by molar-refractivity contribution is 0.326. The van der Waals surface area contributed by atoms with Gasteiger partial charge in [0, 0.05) is 18.1 Å². The zero-order chi connectivity index (χ0) is 13.7. The average Bonchev–Trinajstić information content (AvgIpc) is 2.44. The van der Waals surface area contributed by atoms with E-state index in [2.05, 4.69) is 9.71 Å². The number of nitrogens with zero attached hydrogens (tertiary/aromatic N) is 1. The van der Waals surface area contributed by atoms with Crippen molar-refractivity contribution in [3.8, 4) is 5.75 Å². The van der Waals surface area contributed by atoms with Gasteiger partial charge in [-0.2, -0.15) is 0 Å². The van der Waals surface area contributed by atoms with Gasteiger partial charge >= 0.3 is 0 Å². The first kappa shape index (κ1) is 13.8. The topological polar surface area (TPSA) is 68.3 Å². The predicted molar refractivity (Wildman–Crippen MR) is 74.7 cm³/mol. The fraction of sp³-hybridized carbons (Fsp3) is 0.308. The van der Waals surface area contributed by atoms with Crippen molar-refractivity contribution >= 4 is 20.9 Å². The van der Waals surface area contributed by atoms with Gasteiger partial charge in [0.2, 0.25) is 10.0 Å². The number of fused-ring (bicyclic) bond motifs is 1. The van der Waals surface area contributed by atoms with Crippen LogP contribution < -0.4 is 9.46 Å². The Bertz CT molecular complexity index is 650. The lowest BCUT2D eigenvalue weighted by Gasteiger charge is -2.09. The van der Waals surface area contributed by atoms with Gasteiger partial charge in [0.05, 0.1) is 5.75 Å². The van der Waals surface area contributed by atoms with Crippen molar-refractivity contribution in [2.45, 2.75) is 6.92 Å². The maximum Gasteiger partial charge on any atom is 0.211 e. The minimum Gasteiger partial charge on any atom is -0.490 e. The summed E-state index contributed by atoms with van der Waals surface area (Å²) in [6.45, 7) is 2.12. The third-order valence-corrected chi connectivity index (χ3v) is 4.06. The third kappa shape index (κ3) is 3.65. The van der Waals surface area contributed by atoms with Crippen molar-refractivity contribution in [3.63, 3.8) is 0 Å². The van der Waals surface area contributed by atoms with Gasteiger partial charge in [0.1, 0.15) is 17.9 Å². The van der Waals surface area contributed by atoms with Gasteiger partial charge in [-0.15, -0.1) is 0 Å². The van der Waals surface area contributed by atoms with Crippen LogP contribution >= 0.6 is 0 Å². The minimum atomic E-state index is -3.16. The Morgan fingerprint density at radius 3 is 2.84 bits per heavy atom. The van der Waals surface area contributed by atoms with Crippen LogP contribution in [0.5, 0.6) is 5.75 Å². The van der Waals surface area contributed by atoms with Gasteiger partial charge in [0.15, 0.2) is 0 Å². The smallest absolute Gasteiger partial charge is 0.211 e. The normalized spacial score (nSPS) is 11.6. The molecular formula is C13H16N2O3S. The molecule has 2 aromatic rings. The van der Waals surface area contributed by atoms with Crippen LogP contribution in [0.1, 0.15) is 6.92 Å². The summed E-state index contributed by atoms with van der Waals surface area (Å²) in [5, 5.41) is 0.995. The summed E-state index contributed by atoms with van der Waals surface area (Å²) in [5.74, 6) is 0.733. The van der Waals surface area contributed by atoms with Crippen molar-refractivity contribution in [2.75, 3.05) is 18.9 Å². The van der Waals surface area contributed by atoms with E-state index >= 15 is 0 Å². The molecule has 102 valence electrons. The predicted octanol–water partition coefficient (Wildman–Crippen LogP) is 1.55. The van der Waals surface area contributed by atoms with E-state index in [1.54, 1.807) is 13.1 Å². The monoisotopic (exact) mass is 280 g/mol. The molecule has 5 nitrogen and oxygen atoms in total. The summed E-state index contributed by atoms with van der Waals surface area (Å²) < 4.78 is 30.5. The molecule has 0 radical (unpaired) electrons. The number of ether oxygens (including phenoxy) is 1. The van der Waals surface area contributed by atoms with Gasteiger partial charge in [-0.05, 0) is 19.1 Å². The molecule has 0 aliphatic rings. The highest BCUT2D eigenvalue weighted by Crippen LogP contribution is 2.22. The van der Waals surface area contributed by atoms with Gasteiger partial charge in [-0.3, -0.25) is 4.98 Å². The molecule has 1 N–H and O–H groups in total. The fourth-order valence-electron chi connectivity index (χ4n) is 1.65. The average molecular weight is 280 g/mol. The Balaban J connectivity index is 1.99. The van der Waals surface area contributed by atoms with E-state index in [9.17, 15) is 8.42 Å². The van der Waals surface area contributed by atoms with E-state index < -0.39 is 10.0 Å². The van der Waals surface area contributed by atoms with Crippen molar-refractivity contribution in [1.82, 2.24) is 9.71 Å². The molecule has 1 aromatic heterocycles. The summed E-state index contributed by atoms with van der Waals surface area (Å²) in [6.07, 6.45) is 1.70. The number of benzene rings is 1. The molecule has 0 saturated carbocycles. The molecule has 0 aliphatic carbocycles. The van der Waals surface area contributed by atoms with E-state index in [0.29, 0.717) is 5.75 Å². The number of hydrogen-bond donors (Lipinski definition) is 1. The number of sulfonamides is 1. The quantitative estimate of drug-likeness (QED) is 0.815. The summed E-state index contributed by atoms with van der Waals surface area (Å²) >= 11 is 0. The van der Waals surface area contributed by atoms with E-state index in [4.69, 9.17) is 4.74 Å². The Hall–Kier alpha value is -1.66. The highest BCUT2D eigenvalue weighted by Gasteiger charge is 2.06. The lowest BCUT2D eigenvalue weighted by Crippen LogP contribution is -2.29. The number of pyridine rings is 1. The Morgan fingerprint density at radius 1 is 1.26 bits per heavy atom. The van der Waals surface area contributed by atoms with Crippen molar-refractivity contribution in [3.05, 3.63) is 36.5 Å². The molecule has 0 amide bonds. The fourth-order valence-corrected chi connectivity index (χ4v) is 2.25. The zero-order valence-corrected chi connectivity index (χ0v) is 11.5. The van der Waals surface area contributed by atoms with Crippen LogP contribution in [-0.4, -0.2) is 32.3 Å². The molecule has 1 heterocycles. The first-order chi connectivity index (χ1) is 9.12. The molecule has 0 saturated heterocycles. The van der Waals surface area contributed by atoms with Crippen LogP contribution in [0.4, 0.5) is 0 Å². The van der Waals surface area contributed by atoms with Crippen LogP contribution in [0.2, 0.25) is 0 Å². The molecule has 0 aliphatic heterocycles. The van der Waals surface area contributed by atoms with Crippen molar-refractivity contribution in [1.29, 1.82) is 0 Å². The van der Waals surface area contributed by atoms with Crippen molar-refractivity contribution < 1.29 is 13.2 Å². The van der Waals surface area contributed by atoms with Crippen molar-refractivity contribution in [2.24, 2.45) is 0 Å². The highest BCUT2D eigenvalue weighted by atomic mass is 32.2. The van der Waals surface area contributed by atoms with Crippen LogP contribution in [-0.2, 0) is 10.0 Å². The third-order valence-electron chi connectivity index (χ3n) is 2.66. The molecule has 0 unspecified atom stereocenters. The number of aromatic nitrogens is 1. The molecule has 0 fully saturated rings. The standard InChI is InChI=1S/C13H16N2O3S/c1-2-19(16,17)15-9-10-18-12-7-3-5-11-6-4-8-14-13(11)12/h3-8,15H,2,9-10H2,1H3. The molecule has 0 bridgehead atoms. The number of rotatable bonds is 6. The second-order valence-corrected chi connectivity index (χ2v) is 6.07. The first-order valence-corrected chi connectivity index (χ1v) is 7.71. The van der Waals surface area contributed by atoms with Crippen LogP contribution in [0, 0.1) is 0 Å². The summed E-state index contributed by atoms with van der Waals surface area (Å²) in [7, 11) is -3.16. The SMILES string of the molecule is CCS(=O)(=O)NCCOc1cccc2cccnc12. The molecule has 1 aromatic carbocycles. The maximum atomic E-state index is 11.2. The van der Waals surface area contributed by atoms with Gasteiger partial charge in [-0.25, -0.2) is 13.1 Å². The van der Waals surface area contributed by atoms with Crippen LogP contribution in [0.3, 0.4) is 0 Å². The molecule has 2 rings (SSSR count). The summed E-state index contributed by atoms with van der Waals surface area (Å²) in [5.41, 5.74) is 0.781. The van der Waals surface area contributed by atoms with E-state index in [-0.39, 0.29) is 18.9 Å².